The molecule has 0 aromatic heterocycles. The van der Waals surface area contributed by atoms with Crippen LogP contribution in [-0.4, -0.2) is 55.3 Å². The Morgan fingerprint density at radius 3 is 2.31 bits per heavy atom. The molecule has 1 aromatic carbocycles. The Labute approximate surface area is 193 Å². The summed E-state index contributed by atoms with van der Waals surface area (Å²) in [6.45, 7) is 13.5. The maximum Gasteiger partial charge on any atom is 0.407 e. The number of nitrogens with zero attached hydrogens (tertiary/aromatic N) is 1. The first kappa shape index (κ1) is 28.1. The van der Waals surface area contributed by atoms with E-state index in [4.69, 9.17) is 4.74 Å². The van der Waals surface area contributed by atoms with E-state index in [2.05, 4.69) is 5.32 Å². The predicted octanol–water partition coefficient (Wildman–Crippen LogP) is 4.25. The quantitative estimate of drug-likeness (QED) is 0.473. The van der Waals surface area contributed by atoms with Gasteiger partial charge in [0.15, 0.2) is 0 Å². The minimum atomic E-state index is -3.77. The molecule has 182 valence electrons. The summed E-state index contributed by atoms with van der Waals surface area (Å²) < 4.78 is 33.4. The molecule has 0 bridgehead atoms. The van der Waals surface area contributed by atoms with Crippen molar-refractivity contribution in [3.63, 3.8) is 0 Å². The summed E-state index contributed by atoms with van der Waals surface area (Å²) in [5, 5.41) is 12.7. The number of rotatable bonds is 11. The predicted molar refractivity (Wildman–Crippen MR) is 128 cm³/mol. The van der Waals surface area contributed by atoms with Gasteiger partial charge in [0.05, 0.1) is 17.5 Å². The highest BCUT2D eigenvalue weighted by molar-refractivity contribution is 7.89. The molecule has 0 radical (unpaired) electrons. The lowest BCUT2D eigenvalue weighted by atomic mass is 10.1. The average molecular weight is 469 g/mol. The van der Waals surface area contributed by atoms with Gasteiger partial charge >= 0.3 is 6.09 Å². The van der Waals surface area contributed by atoms with Gasteiger partial charge in [-0.2, -0.15) is 4.31 Å². The first-order chi connectivity index (χ1) is 14.8. The van der Waals surface area contributed by atoms with Gasteiger partial charge in [-0.05, 0) is 65.5 Å². The van der Waals surface area contributed by atoms with E-state index in [1.54, 1.807) is 45.0 Å². The van der Waals surface area contributed by atoms with Crippen LogP contribution in [0.4, 0.5) is 4.79 Å². The van der Waals surface area contributed by atoms with E-state index in [1.807, 2.05) is 33.8 Å². The van der Waals surface area contributed by atoms with Crippen LogP contribution in [0.1, 0.15) is 59.9 Å². The van der Waals surface area contributed by atoms with Crippen LogP contribution < -0.4 is 5.32 Å². The maximum atomic E-state index is 13.4. The first-order valence-corrected chi connectivity index (χ1v) is 12.5. The molecule has 0 saturated carbocycles. The van der Waals surface area contributed by atoms with E-state index >= 15 is 0 Å². The number of hydrogen-bond acceptors (Lipinski definition) is 5. The molecule has 0 aliphatic rings. The van der Waals surface area contributed by atoms with E-state index in [9.17, 15) is 18.3 Å². The number of aryl methyl sites for hydroxylation is 1. The summed E-state index contributed by atoms with van der Waals surface area (Å²) in [5.74, 6) is 0.319. The van der Waals surface area contributed by atoms with Crippen molar-refractivity contribution >= 4 is 16.1 Å². The Morgan fingerprint density at radius 1 is 1.22 bits per heavy atom. The first-order valence-electron chi connectivity index (χ1n) is 11.1. The topological polar surface area (TPSA) is 95.9 Å². The normalized spacial score (nSPS) is 14.0. The van der Waals surface area contributed by atoms with Crippen molar-refractivity contribution in [2.45, 2.75) is 77.8 Å². The minimum absolute atomic E-state index is 0.221. The van der Waals surface area contributed by atoms with Gasteiger partial charge in [-0.15, -0.1) is 0 Å². The largest absolute Gasteiger partial charge is 0.444 e. The van der Waals surface area contributed by atoms with E-state index in [1.165, 1.54) is 4.31 Å². The zero-order valence-electron chi connectivity index (χ0n) is 20.5. The Morgan fingerprint density at radius 2 is 1.81 bits per heavy atom. The van der Waals surface area contributed by atoms with E-state index < -0.39 is 27.8 Å². The second kappa shape index (κ2) is 12.4. The molecule has 0 aliphatic heterocycles. The molecule has 0 saturated heterocycles. The van der Waals surface area contributed by atoms with Crippen molar-refractivity contribution in [1.29, 1.82) is 0 Å². The molecule has 0 fully saturated rings. The molecular weight excluding hydrogens is 428 g/mol. The van der Waals surface area contributed by atoms with Gasteiger partial charge in [-0.3, -0.25) is 0 Å². The number of hydrogen-bond donors (Lipinski definition) is 2. The van der Waals surface area contributed by atoms with Gasteiger partial charge in [-0.1, -0.05) is 43.2 Å². The number of carbonyl (C=O) groups is 1. The molecule has 7 nitrogen and oxygen atoms in total. The highest BCUT2D eigenvalue weighted by Crippen LogP contribution is 2.23. The molecule has 0 spiro atoms. The summed E-state index contributed by atoms with van der Waals surface area (Å²) in [6, 6.07) is 6.16. The van der Waals surface area contributed by atoms with Gasteiger partial charge < -0.3 is 15.2 Å². The third-order valence-corrected chi connectivity index (χ3v) is 6.79. The van der Waals surface area contributed by atoms with Gasteiger partial charge in [-0.25, -0.2) is 13.2 Å². The third kappa shape index (κ3) is 9.71. The average Bonchev–Trinajstić information content (AvgIpc) is 2.65. The van der Waals surface area contributed by atoms with Crippen LogP contribution in [0.25, 0.3) is 0 Å². The van der Waals surface area contributed by atoms with Crippen molar-refractivity contribution < 1.29 is 23.1 Å². The Hall–Kier alpha value is -1.90. The van der Waals surface area contributed by atoms with Crippen molar-refractivity contribution in [3.05, 3.63) is 41.5 Å². The number of alkyl carbamates (subject to hydrolysis) is 1. The lowest BCUT2D eigenvalue weighted by Gasteiger charge is -2.30. The van der Waals surface area contributed by atoms with Gasteiger partial charge in [0.25, 0.3) is 0 Å². The number of sulfonamides is 1. The lowest BCUT2D eigenvalue weighted by Crippen LogP contribution is -2.43. The van der Waals surface area contributed by atoms with E-state index in [-0.39, 0.29) is 18.0 Å². The molecule has 0 unspecified atom stereocenters. The smallest absolute Gasteiger partial charge is 0.407 e. The van der Waals surface area contributed by atoms with Gasteiger partial charge in [0.2, 0.25) is 10.0 Å². The van der Waals surface area contributed by atoms with E-state index in [0.29, 0.717) is 25.3 Å². The van der Waals surface area contributed by atoms with Crippen molar-refractivity contribution in [2.24, 2.45) is 5.92 Å². The maximum absolute atomic E-state index is 13.4. The molecule has 1 amide bonds. The summed E-state index contributed by atoms with van der Waals surface area (Å²) >= 11 is 0. The molecule has 8 heteroatoms. The number of benzene rings is 1. The number of ether oxygens (including phenoxy) is 1. The van der Waals surface area contributed by atoms with Crippen LogP contribution in [0.5, 0.6) is 0 Å². The van der Waals surface area contributed by atoms with E-state index in [0.717, 1.165) is 11.1 Å². The van der Waals surface area contributed by atoms with Crippen LogP contribution in [0.2, 0.25) is 0 Å². The molecule has 2 N–H and O–H groups in total. The fraction of sp³-hybridized carbons (Fsp3) is 0.625. The number of amides is 1. The molecule has 1 atom stereocenters. The van der Waals surface area contributed by atoms with Crippen molar-refractivity contribution in [1.82, 2.24) is 9.62 Å². The molecule has 0 aliphatic carbocycles. The zero-order valence-corrected chi connectivity index (χ0v) is 21.3. The summed E-state index contributed by atoms with van der Waals surface area (Å²) in [4.78, 5) is 12.0. The number of carbonyl (C=O) groups excluding carboxylic acids is 1. The van der Waals surface area contributed by atoms with Crippen LogP contribution in [0.15, 0.2) is 40.8 Å². The standard InChI is InChI=1S/C24H40N2O5S/c1-18(2)13-15-26(32(29,30)22-10-8-19(3)9-11-22)21(17-27)16-20(4)12-14-25-23(28)31-24(5,6)7/h8-12,18,21,27H,13-17H2,1-7H3,(H,25,28)/b20-12+/t21-/m0/s1. The Balaban J connectivity index is 2.99. The molecule has 1 aromatic rings. The molecule has 32 heavy (non-hydrogen) atoms. The Bertz CT molecular complexity index is 855. The lowest BCUT2D eigenvalue weighted by molar-refractivity contribution is 0.0534. The molecular formula is C24H40N2O5S. The molecule has 1 rings (SSSR count). The second-order valence-corrected chi connectivity index (χ2v) is 11.5. The number of aliphatic hydroxyl groups is 1. The third-order valence-electron chi connectivity index (χ3n) is 4.83. The second-order valence-electron chi connectivity index (χ2n) is 9.59. The summed E-state index contributed by atoms with van der Waals surface area (Å²) in [7, 11) is -3.77. The van der Waals surface area contributed by atoms with Crippen molar-refractivity contribution in [3.8, 4) is 0 Å². The van der Waals surface area contributed by atoms with Gasteiger partial charge in [0.1, 0.15) is 5.60 Å². The van der Waals surface area contributed by atoms with Crippen LogP contribution in [-0.2, 0) is 14.8 Å². The fourth-order valence-electron chi connectivity index (χ4n) is 3.07. The number of nitrogens with one attached hydrogen (secondary N) is 1. The van der Waals surface area contributed by atoms with Crippen LogP contribution in [0.3, 0.4) is 0 Å². The highest BCUT2D eigenvalue weighted by Gasteiger charge is 2.31. The zero-order chi connectivity index (χ0) is 24.5. The SMILES string of the molecule is C/C(=C\CNC(=O)OC(C)(C)C)C[C@@H](CO)N(CCC(C)C)S(=O)(=O)c1ccc(C)cc1. The van der Waals surface area contributed by atoms with Crippen LogP contribution in [0, 0.1) is 12.8 Å². The summed E-state index contributed by atoms with van der Waals surface area (Å²) in [6.07, 6.45) is 2.34. The fourth-order valence-corrected chi connectivity index (χ4v) is 4.70. The van der Waals surface area contributed by atoms with Gasteiger partial charge in [0, 0.05) is 13.1 Å². The molecule has 0 heterocycles. The minimum Gasteiger partial charge on any atom is -0.444 e. The van der Waals surface area contributed by atoms with Crippen LogP contribution >= 0.6 is 0 Å². The highest BCUT2D eigenvalue weighted by atomic mass is 32.2. The summed E-state index contributed by atoms with van der Waals surface area (Å²) in [5.41, 5.74) is 1.27. The monoisotopic (exact) mass is 468 g/mol. The van der Waals surface area contributed by atoms with Crippen molar-refractivity contribution in [2.75, 3.05) is 19.7 Å². The number of aliphatic hydroxyl groups excluding tert-OH is 1. The Kier molecular flexibility index (Phi) is 10.9.